The molecule has 0 saturated carbocycles. The predicted octanol–water partition coefficient (Wildman–Crippen LogP) is 1.96. The average molecular weight is 362 g/mol. The van der Waals surface area contributed by atoms with Crippen LogP contribution < -0.4 is 0 Å². The van der Waals surface area contributed by atoms with Crippen LogP contribution in [0.2, 0.25) is 0 Å². The van der Waals surface area contributed by atoms with E-state index in [-0.39, 0.29) is 0 Å². The number of sulfonamides is 1. The average Bonchev–Trinajstić information content (AvgIpc) is 2.73. The quantitative estimate of drug-likeness (QED) is 0.834. The summed E-state index contributed by atoms with van der Waals surface area (Å²) >= 11 is 0. The van der Waals surface area contributed by atoms with E-state index in [2.05, 4.69) is 35.1 Å². The number of hydrogen-bond acceptors (Lipinski definition) is 4. The van der Waals surface area contributed by atoms with Crippen molar-refractivity contribution in [3.8, 4) is 5.69 Å². The summed E-state index contributed by atoms with van der Waals surface area (Å²) in [5.41, 5.74) is 4.42. The highest BCUT2D eigenvalue weighted by molar-refractivity contribution is 7.88. The van der Waals surface area contributed by atoms with Gasteiger partial charge in [-0.25, -0.2) is 17.4 Å². The fourth-order valence-corrected chi connectivity index (χ4v) is 4.28. The molecule has 0 bridgehead atoms. The third kappa shape index (κ3) is 4.29. The molecule has 3 rings (SSSR count). The van der Waals surface area contributed by atoms with E-state index in [1.807, 2.05) is 23.7 Å². The first-order valence-corrected chi connectivity index (χ1v) is 10.5. The SMILES string of the molecule is Cc1cc(C)n(-c2ccccc2CN2CCCN(S(C)(=O)=O)CC2)n1. The second-order valence-corrected chi connectivity index (χ2v) is 8.74. The van der Waals surface area contributed by atoms with Gasteiger partial charge in [-0.15, -0.1) is 0 Å². The second-order valence-electron chi connectivity index (χ2n) is 6.76. The molecule has 2 heterocycles. The molecule has 6 nitrogen and oxygen atoms in total. The fraction of sp³-hybridized carbons (Fsp3) is 0.500. The van der Waals surface area contributed by atoms with Crippen LogP contribution in [-0.2, 0) is 16.6 Å². The minimum Gasteiger partial charge on any atom is -0.298 e. The van der Waals surface area contributed by atoms with Crippen molar-refractivity contribution in [1.82, 2.24) is 19.0 Å². The van der Waals surface area contributed by atoms with Crippen LogP contribution in [0.25, 0.3) is 5.69 Å². The minimum atomic E-state index is -3.11. The highest BCUT2D eigenvalue weighted by atomic mass is 32.2. The Labute approximate surface area is 150 Å². The van der Waals surface area contributed by atoms with Crippen LogP contribution in [0, 0.1) is 13.8 Å². The van der Waals surface area contributed by atoms with Gasteiger partial charge in [0.15, 0.2) is 0 Å². The molecule has 25 heavy (non-hydrogen) atoms. The summed E-state index contributed by atoms with van der Waals surface area (Å²) < 4.78 is 27.1. The first kappa shape index (κ1) is 18.1. The van der Waals surface area contributed by atoms with Gasteiger partial charge in [0.25, 0.3) is 0 Å². The molecule has 1 aliphatic rings. The Morgan fingerprint density at radius 1 is 1.08 bits per heavy atom. The Morgan fingerprint density at radius 2 is 1.84 bits per heavy atom. The molecular formula is C18H26N4O2S. The topological polar surface area (TPSA) is 58.4 Å². The molecule has 0 unspecified atom stereocenters. The number of rotatable bonds is 4. The summed E-state index contributed by atoms with van der Waals surface area (Å²) in [5.74, 6) is 0. The summed E-state index contributed by atoms with van der Waals surface area (Å²) in [6.07, 6.45) is 2.15. The summed E-state index contributed by atoms with van der Waals surface area (Å²) in [7, 11) is -3.11. The molecule has 0 spiro atoms. The van der Waals surface area contributed by atoms with E-state index in [0.717, 1.165) is 43.1 Å². The number of para-hydroxylation sites is 1. The largest absolute Gasteiger partial charge is 0.298 e. The van der Waals surface area contributed by atoms with Crippen LogP contribution >= 0.6 is 0 Å². The zero-order valence-corrected chi connectivity index (χ0v) is 16.0. The lowest BCUT2D eigenvalue weighted by Gasteiger charge is -2.22. The van der Waals surface area contributed by atoms with Crippen LogP contribution in [0.4, 0.5) is 0 Å². The van der Waals surface area contributed by atoms with Crippen molar-refractivity contribution in [2.75, 3.05) is 32.4 Å². The van der Waals surface area contributed by atoms with E-state index < -0.39 is 10.0 Å². The normalized spacial score (nSPS) is 17.6. The van der Waals surface area contributed by atoms with E-state index in [4.69, 9.17) is 0 Å². The maximum Gasteiger partial charge on any atom is 0.211 e. The van der Waals surface area contributed by atoms with Gasteiger partial charge < -0.3 is 0 Å². The van der Waals surface area contributed by atoms with Crippen LogP contribution in [-0.4, -0.2) is 59.8 Å². The standard InChI is InChI=1S/C18H26N4O2S/c1-15-13-16(2)22(19-15)18-8-5-4-7-17(18)14-20-9-6-10-21(12-11-20)25(3,23)24/h4-5,7-8,13H,6,9-12,14H2,1-3H3. The van der Waals surface area contributed by atoms with Crippen LogP contribution in [0.15, 0.2) is 30.3 Å². The Hall–Kier alpha value is -1.70. The van der Waals surface area contributed by atoms with Crippen molar-refractivity contribution in [3.63, 3.8) is 0 Å². The smallest absolute Gasteiger partial charge is 0.211 e. The molecule has 0 radical (unpaired) electrons. The summed E-state index contributed by atoms with van der Waals surface area (Å²) in [6, 6.07) is 10.4. The zero-order chi connectivity index (χ0) is 18.0. The third-order valence-electron chi connectivity index (χ3n) is 4.64. The Bertz CT molecular complexity index is 845. The van der Waals surface area contributed by atoms with Crippen molar-refractivity contribution >= 4 is 10.0 Å². The summed E-state index contributed by atoms with van der Waals surface area (Å²) in [5, 5.41) is 4.61. The first-order valence-electron chi connectivity index (χ1n) is 8.63. The van der Waals surface area contributed by atoms with Crippen molar-refractivity contribution in [3.05, 3.63) is 47.3 Å². The molecule has 2 aromatic rings. The van der Waals surface area contributed by atoms with Gasteiger partial charge in [0.05, 0.1) is 17.6 Å². The molecule has 136 valence electrons. The van der Waals surface area contributed by atoms with Crippen molar-refractivity contribution in [2.24, 2.45) is 0 Å². The maximum atomic E-state index is 11.8. The van der Waals surface area contributed by atoms with E-state index in [9.17, 15) is 8.42 Å². The molecule has 0 atom stereocenters. The fourth-order valence-electron chi connectivity index (χ4n) is 3.40. The van der Waals surface area contributed by atoms with Crippen molar-refractivity contribution < 1.29 is 8.42 Å². The Balaban J connectivity index is 1.79. The molecule has 0 amide bonds. The third-order valence-corrected chi connectivity index (χ3v) is 5.94. The Kier molecular flexibility index (Phi) is 5.27. The van der Waals surface area contributed by atoms with E-state index in [0.29, 0.717) is 13.1 Å². The molecular weight excluding hydrogens is 336 g/mol. The highest BCUT2D eigenvalue weighted by Gasteiger charge is 2.22. The van der Waals surface area contributed by atoms with Gasteiger partial charge in [0.1, 0.15) is 0 Å². The van der Waals surface area contributed by atoms with E-state index in [1.54, 1.807) is 4.31 Å². The van der Waals surface area contributed by atoms with Gasteiger partial charge in [0.2, 0.25) is 10.0 Å². The van der Waals surface area contributed by atoms with Gasteiger partial charge >= 0.3 is 0 Å². The van der Waals surface area contributed by atoms with Crippen molar-refractivity contribution in [1.29, 1.82) is 0 Å². The molecule has 1 saturated heterocycles. The number of hydrogen-bond donors (Lipinski definition) is 0. The predicted molar refractivity (Wildman–Crippen MR) is 99.3 cm³/mol. The van der Waals surface area contributed by atoms with Crippen LogP contribution in [0.5, 0.6) is 0 Å². The first-order chi connectivity index (χ1) is 11.8. The lowest BCUT2D eigenvalue weighted by molar-refractivity contribution is 0.278. The molecule has 7 heteroatoms. The van der Waals surface area contributed by atoms with E-state index >= 15 is 0 Å². The summed E-state index contributed by atoms with van der Waals surface area (Å²) in [4.78, 5) is 2.33. The van der Waals surface area contributed by atoms with Gasteiger partial charge in [-0.2, -0.15) is 5.10 Å². The molecule has 1 aromatic heterocycles. The molecule has 1 aliphatic heterocycles. The molecule has 1 aromatic carbocycles. The van der Waals surface area contributed by atoms with Gasteiger partial charge in [-0.1, -0.05) is 18.2 Å². The van der Waals surface area contributed by atoms with Gasteiger partial charge in [0, 0.05) is 31.9 Å². The number of benzene rings is 1. The lowest BCUT2D eigenvalue weighted by Crippen LogP contribution is -2.34. The minimum absolute atomic E-state index is 0.556. The molecule has 0 aliphatic carbocycles. The summed E-state index contributed by atoms with van der Waals surface area (Å²) in [6.45, 7) is 7.67. The van der Waals surface area contributed by atoms with Crippen LogP contribution in [0.3, 0.4) is 0 Å². The number of nitrogens with zero attached hydrogens (tertiary/aromatic N) is 4. The van der Waals surface area contributed by atoms with Crippen LogP contribution in [0.1, 0.15) is 23.4 Å². The highest BCUT2D eigenvalue weighted by Crippen LogP contribution is 2.19. The molecule has 1 fully saturated rings. The van der Waals surface area contributed by atoms with Gasteiger partial charge in [-0.05, 0) is 44.5 Å². The Morgan fingerprint density at radius 3 is 2.52 bits per heavy atom. The maximum absolute atomic E-state index is 11.8. The number of aromatic nitrogens is 2. The monoisotopic (exact) mass is 362 g/mol. The van der Waals surface area contributed by atoms with Gasteiger partial charge in [-0.3, -0.25) is 4.90 Å². The molecule has 0 N–H and O–H groups in total. The lowest BCUT2D eigenvalue weighted by atomic mass is 10.1. The number of aryl methyl sites for hydroxylation is 2. The van der Waals surface area contributed by atoms with E-state index in [1.165, 1.54) is 11.8 Å². The second kappa shape index (κ2) is 7.27. The zero-order valence-electron chi connectivity index (χ0n) is 15.1. The van der Waals surface area contributed by atoms with Crippen molar-refractivity contribution in [2.45, 2.75) is 26.8 Å².